The van der Waals surface area contributed by atoms with Crippen molar-refractivity contribution in [3.63, 3.8) is 0 Å². The second-order valence-electron chi connectivity index (χ2n) is 6.94. The van der Waals surface area contributed by atoms with Crippen LogP contribution < -0.4 is 9.64 Å². The van der Waals surface area contributed by atoms with E-state index in [9.17, 15) is 27.5 Å². The van der Waals surface area contributed by atoms with E-state index in [0.29, 0.717) is 5.56 Å². The van der Waals surface area contributed by atoms with E-state index < -0.39 is 30.4 Å². The molecule has 3 atom stereocenters. The van der Waals surface area contributed by atoms with Gasteiger partial charge in [-0.15, -0.1) is 13.2 Å². The Hall–Kier alpha value is -2.95. The summed E-state index contributed by atoms with van der Waals surface area (Å²) in [5, 5.41) is 9.83. The molecule has 11 heteroatoms. The summed E-state index contributed by atoms with van der Waals surface area (Å²) >= 11 is 0. The molecule has 0 aliphatic carbocycles. The van der Waals surface area contributed by atoms with Gasteiger partial charge in [0.1, 0.15) is 24.2 Å². The number of cyclic esters (lactones) is 1. The molecule has 0 unspecified atom stereocenters. The largest absolute Gasteiger partial charge is 0.573 e. The molecule has 0 saturated carbocycles. The summed E-state index contributed by atoms with van der Waals surface area (Å²) in [5.74, 6) is -1.71. The van der Waals surface area contributed by atoms with E-state index in [1.807, 2.05) is 0 Å². The summed E-state index contributed by atoms with van der Waals surface area (Å²) in [4.78, 5) is 21.0. The average molecular weight is 429 g/mol. The van der Waals surface area contributed by atoms with Gasteiger partial charge in [0.15, 0.2) is 11.6 Å². The van der Waals surface area contributed by atoms with Crippen LogP contribution in [0.5, 0.6) is 5.75 Å². The summed E-state index contributed by atoms with van der Waals surface area (Å²) in [6.45, 7) is 3.07. The maximum Gasteiger partial charge on any atom is 0.573 e. The SMILES string of the molecule is C[C@H](Cc1ncc(F)c(N2C(=O)OC[C@@H]2[C@@H](C)O)n1)c1cccc(OC(F)(F)F)c1. The van der Waals surface area contributed by atoms with Crippen molar-refractivity contribution < 1.29 is 36.9 Å². The molecular formula is C19H19F4N3O4. The smallest absolute Gasteiger partial charge is 0.447 e. The minimum absolute atomic E-state index is 0.113. The van der Waals surface area contributed by atoms with Crippen molar-refractivity contribution >= 4 is 11.9 Å². The van der Waals surface area contributed by atoms with Crippen molar-refractivity contribution in [3.05, 3.63) is 47.7 Å². The summed E-state index contributed by atoms with van der Waals surface area (Å²) < 4.78 is 60.4. The van der Waals surface area contributed by atoms with Crippen LogP contribution in [0.4, 0.5) is 28.2 Å². The number of aliphatic hydroxyl groups excluding tert-OH is 1. The minimum Gasteiger partial charge on any atom is -0.447 e. The topological polar surface area (TPSA) is 84.8 Å². The molecule has 3 rings (SSSR count). The number of alkyl halides is 3. The van der Waals surface area contributed by atoms with Gasteiger partial charge in [-0.2, -0.15) is 0 Å². The van der Waals surface area contributed by atoms with Crippen molar-refractivity contribution in [2.75, 3.05) is 11.5 Å². The van der Waals surface area contributed by atoms with Crippen LogP contribution in [0.15, 0.2) is 30.5 Å². The molecule has 1 aliphatic rings. The molecular weight excluding hydrogens is 410 g/mol. The van der Waals surface area contributed by atoms with Gasteiger partial charge < -0.3 is 14.6 Å². The van der Waals surface area contributed by atoms with Gasteiger partial charge in [-0.3, -0.25) is 0 Å². The first-order chi connectivity index (χ1) is 14.0. The van der Waals surface area contributed by atoms with Crippen LogP contribution in [0.3, 0.4) is 0 Å². The highest BCUT2D eigenvalue weighted by Crippen LogP contribution is 2.29. The van der Waals surface area contributed by atoms with E-state index in [-0.39, 0.29) is 36.3 Å². The number of benzene rings is 1. The fourth-order valence-electron chi connectivity index (χ4n) is 3.11. The molecule has 0 spiro atoms. The van der Waals surface area contributed by atoms with E-state index in [0.717, 1.165) is 11.1 Å². The van der Waals surface area contributed by atoms with Gasteiger partial charge in [0, 0.05) is 6.42 Å². The zero-order valence-corrected chi connectivity index (χ0v) is 16.1. The van der Waals surface area contributed by atoms with Crippen LogP contribution in [0.1, 0.15) is 31.2 Å². The average Bonchev–Trinajstić information content (AvgIpc) is 3.03. The summed E-state index contributed by atoms with van der Waals surface area (Å²) in [6.07, 6.45) is -5.57. The number of carbonyl (C=O) groups excluding carboxylic acids is 1. The standard InChI is InChI=1S/C19H19F4N3O4/c1-10(12-4-3-5-13(7-12)30-19(21,22)23)6-16-24-8-14(20)17(25-16)26-15(11(2)27)9-29-18(26)28/h3-5,7-8,10-11,15,27H,6,9H2,1-2H3/t10-,11-,15-/m1/s1. The quantitative estimate of drug-likeness (QED) is 0.707. The first kappa shape index (κ1) is 21.8. The lowest BCUT2D eigenvalue weighted by Crippen LogP contribution is -2.42. The number of amides is 1. The van der Waals surface area contributed by atoms with Crippen LogP contribution in [0, 0.1) is 5.82 Å². The molecule has 1 aromatic carbocycles. The summed E-state index contributed by atoms with van der Waals surface area (Å²) in [6, 6.07) is 4.69. The van der Waals surface area contributed by atoms with E-state index in [1.165, 1.54) is 25.1 Å². The van der Waals surface area contributed by atoms with Crippen molar-refractivity contribution in [1.82, 2.24) is 9.97 Å². The molecule has 30 heavy (non-hydrogen) atoms. The second kappa shape index (κ2) is 8.42. The fraction of sp³-hybridized carbons (Fsp3) is 0.421. The first-order valence-electron chi connectivity index (χ1n) is 9.06. The van der Waals surface area contributed by atoms with Gasteiger partial charge in [0.25, 0.3) is 0 Å². The number of ether oxygens (including phenoxy) is 2. The second-order valence-corrected chi connectivity index (χ2v) is 6.94. The third-order valence-corrected chi connectivity index (χ3v) is 4.62. The van der Waals surface area contributed by atoms with E-state index in [4.69, 9.17) is 4.74 Å². The molecule has 0 radical (unpaired) electrons. The lowest BCUT2D eigenvalue weighted by atomic mass is 9.97. The molecule has 1 aliphatic heterocycles. The number of rotatable bonds is 6. The lowest BCUT2D eigenvalue weighted by molar-refractivity contribution is -0.274. The van der Waals surface area contributed by atoms with Gasteiger partial charge in [-0.25, -0.2) is 24.1 Å². The summed E-state index contributed by atoms with van der Waals surface area (Å²) in [5.41, 5.74) is 0.536. The number of aliphatic hydroxyl groups is 1. The Labute approximate surface area is 169 Å². The zero-order chi connectivity index (χ0) is 22.1. The van der Waals surface area contributed by atoms with Crippen molar-refractivity contribution in [3.8, 4) is 5.75 Å². The lowest BCUT2D eigenvalue weighted by Gasteiger charge is -2.23. The number of aromatic nitrogens is 2. The molecule has 2 aromatic rings. The number of anilines is 1. The maximum absolute atomic E-state index is 14.3. The number of nitrogens with zero attached hydrogens (tertiary/aromatic N) is 3. The third-order valence-electron chi connectivity index (χ3n) is 4.62. The van der Waals surface area contributed by atoms with Crippen molar-refractivity contribution in [2.24, 2.45) is 0 Å². The maximum atomic E-state index is 14.3. The molecule has 1 fully saturated rings. The third kappa shape index (κ3) is 4.96. The molecule has 1 N–H and O–H groups in total. The Bertz CT molecular complexity index is 923. The van der Waals surface area contributed by atoms with E-state index in [1.54, 1.807) is 13.0 Å². The Morgan fingerprint density at radius 2 is 2.10 bits per heavy atom. The summed E-state index contributed by atoms with van der Waals surface area (Å²) in [7, 11) is 0. The number of hydrogen-bond donors (Lipinski definition) is 1. The highest BCUT2D eigenvalue weighted by atomic mass is 19.4. The van der Waals surface area contributed by atoms with Crippen molar-refractivity contribution in [1.29, 1.82) is 0 Å². The van der Waals surface area contributed by atoms with Gasteiger partial charge in [-0.1, -0.05) is 19.1 Å². The zero-order valence-electron chi connectivity index (χ0n) is 16.1. The molecule has 2 heterocycles. The first-order valence-corrected chi connectivity index (χ1v) is 9.06. The molecule has 1 aromatic heterocycles. The molecule has 7 nitrogen and oxygen atoms in total. The predicted octanol–water partition coefficient (Wildman–Crippen LogP) is 3.57. The monoisotopic (exact) mass is 429 g/mol. The highest BCUT2D eigenvalue weighted by Gasteiger charge is 2.39. The number of hydrogen-bond acceptors (Lipinski definition) is 6. The highest BCUT2D eigenvalue weighted by molar-refractivity contribution is 5.89. The van der Waals surface area contributed by atoms with E-state index >= 15 is 0 Å². The molecule has 0 bridgehead atoms. The Morgan fingerprint density at radius 3 is 2.77 bits per heavy atom. The normalized spacial score (nSPS) is 18.8. The van der Waals surface area contributed by atoms with Gasteiger partial charge in [0.05, 0.1) is 12.3 Å². The number of carbonyl (C=O) groups is 1. The van der Waals surface area contributed by atoms with Crippen LogP contribution in [0.25, 0.3) is 0 Å². The molecule has 1 amide bonds. The van der Waals surface area contributed by atoms with Crippen LogP contribution >= 0.6 is 0 Å². The Balaban J connectivity index is 1.82. The minimum atomic E-state index is -4.80. The van der Waals surface area contributed by atoms with Gasteiger partial charge in [-0.05, 0) is 30.5 Å². The predicted molar refractivity (Wildman–Crippen MR) is 96.5 cm³/mol. The van der Waals surface area contributed by atoms with Gasteiger partial charge >= 0.3 is 12.5 Å². The Morgan fingerprint density at radius 1 is 1.37 bits per heavy atom. The fourth-order valence-corrected chi connectivity index (χ4v) is 3.11. The van der Waals surface area contributed by atoms with E-state index in [2.05, 4.69) is 14.7 Å². The molecule has 162 valence electrons. The van der Waals surface area contributed by atoms with Crippen molar-refractivity contribution in [2.45, 2.75) is 44.7 Å². The van der Waals surface area contributed by atoms with Gasteiger partial charge in [0.2, 0.25) is 0 Å². The van der Waals surface area contributed by atoms with Crippen LogP contribution in [-0.2, 0) is 11.2 Å². The van der Waals surface area contributed by atoms with Crippen LogP contribution in [-0.4, -0.2) is 46.3 Å². The van der Waals surface area contributed by atoms with Crippen LogP contribution in [0.2, 0.25) is 0 Å². The molecule has 1 saturated heterocycles. The number of halogens is 4. The Kier molecular flexibility index (Phi) is 6.11.